The van der Waals surface area contributed by atoms with E-state index in [1.54, 1.807) is 4.57 Å². The zero-order valence-corrected chi connectivity index (χ0v) is 15.3. The summed E-state index contributed by atoms with van der Waals surface area (Å²) in [4.78, 5) is 17.6. The number of rotatable bonds is 6. The standard InChI is InChI=1S/C20H26N4O2/c1-2-24-18-8-7-15-16(19(18)22-20(24)25)5-3-6-17(15)21-9-4-10-23-11-13-26-14-12-23/h3,5-8,21H,2,4,9-14H2,1H3,(H,22,25). The number of aromatic nitrogens is 2. The number of ether oxygens (including phenoxy) is 1. The van der Waals surface area contributed by atoms with Crippen molar-refractivity contribution < 1.29 is 4.74 Å². The topological polar surface area (TPSA) is 62.3 Å². The Labute approximate surface area is 152 Å². The van der Waals surface area contributed by atoms with Crippen LogP contribution in [0.1, 0.15) is 13.3 Å². The third kappa shape index (κ3) is 3.22. The Morgan fingerprint density at radius 1 is 1.15 bits per heavy atom. The van der Waals surface area contributed by atoms with Gasteiger partial charge in [0.15, 0.2) is 0 Å². The predicted molar refractivity (Wildman–Crippen MR) is 106 cm³/mol. The molecule has 6 nitrogen and oxygen atoms in total. The lowest BCUT2D eigenvalue weighted by molar-refractivity contribution is 0.0378. The Kier molecular flexibility index (Phi) is 4.95. The highest BCUT2D eigenvalue weighted by atomic mass is 16.5. The first-order chi connectivity index (χ1) is 12.8. The first-order valence-corrected chi connectivity index (χ1v) is 9.46. The van der Waals surface area contributed by atoms with Gasteiger partial charge in [-0.25, -0.2) is 4.79 Å². The lowest BCUT2D eigenvalue weighted by Gasteiger charge is -2.26. The quantitative estimate of drug-likeness (QED) is 0.668. The van der Waals surface area contributed by atoms with E-state index in [9.17, 15) is 4.79 Å². The van der Waals surface area contributed by atoms with Gasteiger partial charge in [-0.2, -0.15) is 0 Å². The molecule has 1 aliphatic rings. The number of aryl methyl sites for hydroxylation is 1. The van der Waals surface area contributed by atoms with Crippen LogP contribution in [0.25, 0.3) is 21.8 Å². The SMILES string of the molecule is CCn1c(=O)[nH]c2c3cccc(NCCCN4CCOCC4)c3ccc21. The second kappa shape index (κ2) is 7.51. The van der Waals surface area contributed by atoms with Gasteiger partial charge in [0.25, 0.3) is 0 Å². The predicted octanol–water partition coefficient (Wildman–Crippen LogP) is 2.64. The molecular weight excluding hydrogens is 328 g/mol. The Bertz CT molecular complexity index is 953. The van der Waals surface area contributed by atoms with Crippen molar-refractivity contribution in [2.75, 3.05) is 44.7 Å². The van der Waals surface area contributed by atoms with Crippen LogP contribution in [0.2, 0.25) is 0 Å². The first-order valence-electron chi connectivity index (χ1n) is 9.46. The number of anilines is 1. The summed E-state index contributed by atoms with van der Waals surface area (Å²) in [6.07, 6.45) is 1.10. The van der Waals surface area contributed by atoms with Crippen LogP contribution in [0.3, 0.4) is 0 Å². The third-order valence-corrected chi connectivity index (χ3v) is 5.19. The highest BCUT2D eigenvalue weighted by Gasteiger charge is 2.11. The maximum Gasteiger partial charge on any atom is 0.326 e. The van der Waals surface area contributed by atoms with Crippen molar-refractivity contribution >= 4 is 27.5 Å². The van der Waals surface area contributed by atoms with Gasteiger partial charge >= 0.3 is 5.69 Å². The molecule has 0 bridgehead atoms. The molecule has 2 N–H and O–H groups in total. The molecule has 1 aromatic heterocycles. The largest absolute Gasteiger partial charge is 0.384 e. The van der Waals surface area contributed by atoms with Crippen molar-refractivity contribution in [2.45, 2.75) is 19.9 Å². The van der Waals surface area contributed by atoms with Crippen molar-refractivity contribution in [1.82, 2.24) is 14.5 Å². The maximum atomic E-state index is 12.1. The van der Waals surface area contributed by atoms with Crippen LogP contribution in [-0.4, -0.2) is 53.8 Å². The maximum absolute atomic E-state index is 12.1. The van der Waals surface area contributed by atoms with E-state index in [0.29, 0.717) is 6.54 Å². The van der Waals surface area contributed by atoms with Gasteiger partial charge in [-0.15, -0.1) is 0 Å². The zero-order chi connectivity index (χ0) is 17.9. The third-order valence-electron chi connectivity index (χ3n) is 5.19. The zero-order valence-electron chi connectivity index (χ0n) is 15.3. The number of nitrogens with zero attached hydrogens (tertiary/aromatic N) is 2. The van der Waals surface area contributed by atoms with Crippen molar-refractivity contribution in [1.29, 1.82) is 0 Å². The normalized spacial score (nSPS) is 15.7. The van der Waals surface area contributed by atoms with E-state index in [1.807, 2.05) is 19.1 Å². The van der Waals surface area contributed by atoms with E-state index >= 15 is 0 Å². The van der Waals surface area contributed by atoms with Crippen LogP contribution in [0.4, 0.5) is 5.69 Å². The average Bonchev–Trinajstić information content (AvgIpc) is 3.01. The molecule has 0 aliphatic carbocycles. The fourth-order valence-electron chi connectivity index (χ4n) is 3.81. The molecule has 1 aliphatic heterocycles. The molecule has 26 heavy (non-hydrogen) atoms. The smallest absolute Gasteiger partial charge is 0.326 e. The summed E-state index contributed by atoms with van der Waals surface area (Å²) < 4.78 is 7.17. The lowest BCUT2D eigenvalue weighted by Crippen LogP contribution is -2.37. The van der Waals surface area contributed by atoms with E-state index in [0.717, 1.165) is 73.3 Å². The Balaban J connectivity index is 1.52. The Hall–Kier alpha value is -2.31. The van der Waals surface area contributed by atoms with Crippen molar-refractivity contribution in [3.05, 3.63) is 40.8 Å². The fraction of sp³-hybridized carbons (Fsp3) is 0.450. The lowest BCUT2D eigenvalue weighted by atomic mass is 10.1. The number of hydrogen-bond acceptors (Lipinski definition) is 4. The fourth-order valence-corrected chi connectivity index (χ4v) is 3.81. The highest BCUT2D eigenvalue weighted by molar-refractivity contribution is 6.08. The Morgan fingerprint density at radius 3 is 2.81 bits per heavy atom. The molecule has 2 aromatic carbocycles. The molecule has 6 heteroatoms. The molecule has 0 atom stereocenters. The molecule has 0 radical (unpaired) electrons. The number of aromatic amines is 1. The van der Waals surface area contributed by atoms with Gasteiger partial charge in [0, 0.05) is 42.6 Å². The van der Waals surface area contributed by atoms with E-state index in [4.69, 9.17) is 4.74 Å². The van der Waals surface area contributed by atoms with Gasteiger partial charge in [-0.1, -0.05) is 18.2 Å². The van der Waals surface area contributed by atoms with Gasteiger partial charge in [0.1, 0.15) is 0 Å². The molecule has 0 saturated carbocycles. The number of H-pyrrole nitrogens is 1. The monoisotopic (exact) mass is 354 g/mol. The number of imidazole rings is 1. The summed E-state index contributed by atoms with van der Waals surface area (Å²) in [5.74, 6) is 0. The molecule has 0 unspecified atom stereocenters. The van der Waals surface area contributed by atoms with Crippen molar-refractivity contribution in [2.24, 2.45) is 0 Å². The molecule has 2 heterocycles. The molecule has 0 spiro atoms. The second-order valence-corrected chi connectivity index (χ2v) is 6.77. The summed E-state index contributed by atoms with van der Waals surface area (Å²) in [5.41, 5.74) is 2.97. The molecule has 1 saturated heterocycles. The second-order valence-electron chi connectivity index (χ2n) is 6.77. The van der Waals surface area contributed by atoms with Crippen LogP contribution in [-0.2, 0) is 11.3 Å². The van der Waals surface area contributed by atoms with Gasteiger partial charge in [-0.05, 0) is 32.0 Å². The summed E-state index contributed by atoms with van der Waals surface area (Å²) in [5, 5.41) is 5.81. The van der Waals surface area contributed by atoms with E-state index in [2.05, 4.69) is 33.4 Å². The Morgan fingerprint density at radius 2 is 2.00 bits per heavy atom. The molecule has 3 aromatic rings. The molecule has 1 fully saturated rings. The van der Waals surface area contributed by atoms with Crippen LogP contribution in [0.5, 0.6) is 0 Å². The number of fused-ring (bicyclic) bond motifs is 3. The van der Waals surface area contributed by atoms with E-state index < -0.39 is 0 Å². The van der Waals surface area contributed by atoms with Crippen molar-refractivity contribution in [3.63, 3.8) is 0 Å². The summed E-state index contributed by atoms with van der Waals surface area (Å²) >= 11 is 0. The molecular formula is C20H26N4O2. The van der Waals surface area contributed by atoms with E-state index in [-0.39, 0.29) is 5.69 Å². The minimum atomic E-state index is -0.0427. The van der Waals surface area contributed by atoms with Crippen molar-refractivity contribution in [3.8, 4) is 0 Å². The first kappa shape index (κ1) is 17.1. The molecule has 0 amide bonds. The van der Waals surface area contributed by atoms with Gasteiger partial charge in [0.2, 0.25) is 0 Å². The van der Waals surface area contributed by atoms with Gasteiger partial charge in [0.05, 0.1) is 24.2 Å². The van der Waals surface area contributed by atoms with Crippen LogP contribution >= 0.6 is 0 Å². The minimum Gasteiger partial charge on any atom is -0.384 e. The van der Waals surface area contributed by atoms with Gasteiger partial charge < -0.3 is 15.0 Å². The summed E-state index contributed by atoms with van der Waals surface area (Å²) in [7, 11) is 0. The van der Waals surface area contributed by atoms with Gasteiger partial charge in [-0.3, -0.25) is 9.47 Å². The number of benzene rings is 2. The number of morpholine rings is 1. The number of nitrogens with one attached hydrogen (secondary N) is 2. The summed E-state index contributed by atoms with van der Waals surface area (Å²) in [6.45, 7) is 8.46. The molecule has 138 valence electrons. The van der Waals surface area contributed by atoms with Crippen LogP contribution in [0.15, 0.2) is 35.1 Å². The average molecular weight is 354 g/mol. The summed E-state index contributed by atoms with van der Waals surface area (Å²) in [6, 6.07) is 10.4. The minimum absolute atomic E-state index is 0.0427. The van der Waals surface area contributed by atoms with E-state index in [1.165, 1.54) is 0 Å². The number of hydrogen-bond donors (Lipinski definition) is 2. The van der Waals surface area contributed by atoms with Crippen LogP contribution in [0, 0.1) is 0 Å². The highest BCUT2D eigenvalue weighted by Crippen LogP contribution is 2.28. The molecule has 4 rings (SSSR count). The van der Waals surface area contributed by atoms with Crippen LogP contribution < -0.4 is 11.0 Å².